The molecule has 6 heteroatoms. The fourth-order valence-electron chi connectivity index (χ4n) is 4.20. The van der Waals surface area contributed by atoms with E-state index in [1.54, 1.807) is 23.5 Å². The van der Waals surface area contributed by atoms with Crippen molar-refractivity contribution >= 4 is 23.7 Å². The van der Waals surface area contributed by atoms with Gasteiger partial charge in [-0.1, -0.05) is 24.3 Å². The van der Waals surface area contributed by atoms with Gasteiger partial charge in [-0.2, -0.15) is 11.3 Å². The molecule has 0 amide bonds. The van der Waals surface area contributed by atoms with Crippen molar-refractivity contribution in [2.45, 2.75) is 44.8 Å². The molecule has 26 heavy (non-hydrogen) atoms. The number of benzene rings is 1. The summed E-state index contributed by atoms with van der Waals surface area (Å²) in [4.78, 5) is 2.56. The van der Waals surface area contributed by atoms with E-state index in [0.29, 0.717) is 11.5 Å². The van der Waals surface area contributed by atoms with Crippen molar-refractivity contribution in [2.24, 2.45) is 5.41 Å². The third-order valence-corrected chi connectivity index (χ3v) is 6.50. The number of nitrogens with zero attached hydrogens (tertiary/aromatic N) is 1. The molecule has 1 aromatic carbocycles. The predicted octanol–water partition coefficient (Wildman–Crippen LogP) is 5.25. The Balaban J connectivity index is 0.00000196. The Bertz CT molecular complexity index is 684. The molecule has 1 aliphatic heterocycles. The van der Waals surface area contributed by atoms with E-state index in [-0.39, 0.29) is 18.0 Å². The van der Waals surface area contributed by atoms with Crippen LogP contribution in [-0.2, 0) is 13.1 Å². The Morgan fingerprint density at radius 1 is 1.08 bits per heavy atom. The van der Waals surface area contributed by atoms with E-state index < -0.39 is 6.43 Å². The summed E-state index contributed by atoms with van der Waals surface area (Å²) in [6.45, 7) is 4.01. The summed E-state index contributed by atoms with van der Waals surface area (Å²) in [7, 11) is 0. The summed E-state index contributed by atoms with van der Waals surface area (Å²) < 4.78 is 25.6. The van der Waals surface area contributed by atoms with Gasteiger partial charge in [0, 0.05) is 24.7 Å². The van der Waals surface area contributed by atoms with Crippen LogP contribution in [0.2, 0.25) is 0 Å². The maximum Gasteiger partial charge on any atom is 0.263 e. The van der Waals surface area contributed by atoms with Crippen LogP contribution in [0.25, 0.3) is 0 Å². The Morgan fingerprint density at radius 3 is 2.38 bits per heavy atom. The molecule has 2 nitrogen and oxygen atoms in total. The van der Waals surface area contributed by atoms with Crippen molar-refractivity contribution in [3.8, 4) is 0 Å². The molecule has 2 heterocycles. The maximum atomic E-state index is 12.8. The zero-order chi connectivity index (χ0) is 17.3. The second kappa shape index (κ2) is 8.34. The largest absolute Gasteiger partial charge is 0.317 e. The number of piperidine rings is 1. The first-order chi connectivity index (χ1) is 12.2. The Kier molecular flexibility index (Phi) is 6.33. The number of halogens is 3. The van der Waals surface area contributed by atoms with Gasteiger partial charge < -0.3 is 5.32 Å². The molecule has 1 spiro atoms. The minimum Gasteiger partial charge on any atom is -0.317 e. The van der Waals surface area contributed by atoms with Crippen LogP contribution in [0.3, 0.4) is 0 Å². The van der Waals surface area contributed by atoms with E-state index in [1.807, 2.05) is 12.1 Å². The van der Waals surface area contributed by atoms with Crippen LogP contribution in [0.1, 0.15) is 42.4 Å². The molecule has 1 saturated carbocycles. The van der Waals surface area contributed by atoms with Crippen LogP contribution < -0.4 is 5.32 Å². The first-order valence-corrected chi connectivity index (χ1v) is 9.93. The third kappa shape index (κ3) is 4.28. The second-order valence-electron chi connectivity index (χ2n) is 7.41. The van der Waals surface area contributed by atoms with Gasteiger partial charge in [-0.3, -0.25) is 4.90 Å². The van der Waals surface area contributed by atoms with Gasteiger partial charge in [-0.05, 0) is 65.7 Å². The van der Waals surface area contributed by atoms with Crippen LogP contribution in [0.5, 0.6) is 0 Å². The molecule has 2 aromatic rings. The third-order valence-electron chi connectivity index (χ3n) is 5.77. The Hall–Kier alpha value is -1.01. The Morgan fingerprint density at radius 2 is 1.77 bits per heavy atom. The number of rotatable bonds is 6. The highest BCUT2D eigenvalue weighted by Crippen LogP contribution is 2.56. The van der Waals surface area contributed by atoms with Gasteiger partial charge in [0.25, 0.3) is 6.43 Å². The minimum atomic E-state index is -2.39. The first kappa shape index (κ1) is 19.7. The van der Waals surface area contributed by atoms with Crippen LogP contribution in [-0.4, -0.2) is 24.0 Å². The van der Waals surface area contributed by atoms with E-state index in [2.05, 4.69) is 27.0 Å². The lowest BCUT2D eigenvalue weighted by atomic mass is 9.93. The van der Waals surface area contributed by atoms with Crippen molar-refractivity contribution in [3.63, 3.8) is 0 Å². The van der Waals surface area contributed by atoms with E-state index in [4.69, 9.17) is 0 Å². The fourth-order valence-corrected chi connectivity index (χ4v) is 4.86. The normalized spacial score (nSPS) is 21.2. The average molecular weight is 399 g/mol. The van der Waals surface area contributed by atoms with E-state index >= 15 is 0 Å². The molecule has 1 aliphatic carbocycles. The molecule has 2 aliphatic rings. The van der Waals surface area contributed by atoms with Crippen molar-refractivity contribution in [1.82, 2.24) is 10.2 Å². The number of thiophene rings is 1. The summed E-state index contributed by atoms with van der Waals surface area (Å²) in [5.41, 5.74) is 3.06. The van der Waals surface area contributed by atoms with Crippen molar-refractivity contribution < 1.29 is 8.78 Å². The summed E-state index contributed by atoms with van der Waals surface area (Å²) in [5.74, 6) is 0. The van der Waals surface area contributed by atoms with E-state index in [1.165, 1.54) is 24.8 Å². The smallest absolute Gasteiger partial charge is 0.263 e. The predicted molar refractivity (Wildman–Crippen MR) is 105 cm³/mol. The first-order valence-electron chi connectivity index (χ1n) is 8.99. The zero-order valence-corrected chi connectivity index (χ0v) is 16.3. The van der Waals surface area contributed by atoms with Gasteiger partial charge >= 0.3 is 0 Å². The van der Waals surface area contributed by atoms with Crippen molar-refractivity contribution in [2.75, 3.05) is 13.1 Å². The molecular formula is C20H25ClF2N2S. The summed E-state index contributed by atoms with van der Waals surface area (Å²) in [6.07, 6.45) is 1.38. The second-order valence-corrected chi connectivity index (χ2v) is 8.19. The van der Waals surface area contributed by atoms with Crippen molar-refractivity contribution in [3.05, 3.63) is 57.8 Å². The quantitative estimate of drug-likeness (QED) is 0.714. The standard InChI is InChI=1S/C20H24F2N2S.ClH/c21-19(22)17-3-1-15(2-4-17)12-24(13-16-5-10-25-14-16)18-11-20(18)6-8-23-9-7-20;/h1-5,10,14,18-19,23H,6-9,11-13H2;1H. The molecule has 1 aromatic heterocycles. The molecule has 4 rings (SSSR count). The van der Waals surface area contributed by atoms with Crippen LogP contribution in [0.15, 0.2) is 41.1 Å². The Labute approximate surface area is 164 Å². The molecule has 1 saturated heterocycles. The highest BCUT2D eigenvalue weighted by molar-refractivity contribution is 7.07. The maximum absolute atomic E-state index is 12.8. The minimum absolute atomic E-state index is 0. The molecule has 0 bridgehead atoms. The van der Waals surface area contributed by atoms with E-state index in [0.717, 1.165) is 31.7 Å². The highest BCUT2D eigenvalue weighted by atomic mass is 35.5. The number of hydrogen-bond donors (Lipinski definition) is 1. The highest BCUT2D eigenvalue weighted by Gasteiger charge is 2.56. The molecule has 1 atom stereocenters. The van der Waals surface area contributed by atoms with E-state index in [9.17, 15) is 8.78 Å². The summed E-state index contributed by atoms with van der Waals surface area (Å²) in [5, 5.41) is 7.80. The molecule has 0 radical (unpaired) electrons. The molecule has 1 N–H and O–H groups in total. The van der Waals surface area contributed by atoms with Crippen LogP contribution >= 0.6 is 23.7 Å². The summed E-state index contributed by atoms with van der Waals surface area (Å²) in [6, 6.07) is 9.66. The van der Waals surface area contributed by atoms with Gasteiger partial charge in [0.2, 0.25) is 0 Å². The van der Waals surface area contributed by atoms with Crippen LogP contribution in [0, 0.1) is 5.41 Å². The van der Waals surface area contributed by atoms with Gasteiger partial charge in [0.15, 0.2) is 0 Å². The topological polar surface area (TPSA) is 15.3 Å². The molecule has 1 unspecified atom stereocenters. The summed E-state index contributed by atoms with van der Waals surface area (Å²) >= 11 is 1.73. The fraction of sp³-hybridized carbons (Fsp3) is 0.500. The molecule has 142 valence electrons. The number of hydrogen-bond acceptors (Lipinski definition) is 3. The zero-order valence-electron chi connectivity index (χ0n) is 14.7. The van der Waals surface area contributed by atoms with Crippen molar-refractivity contribution in [1.29, 1.82) is 0 Å². The SMILES string of the molecule is Cl.FC(F)c1ccc(CN(Cc2ccsc2)C2CC23CCNCC3)cc1. The molecular weight excluding hydrogens is 374 g/mol. The van der Waals surface area contributed by atoms with Gasteiger partial charge in [-0.25, -0.2) is 8.78 Å². The van der Waals surface area contributed by atoms with Gasteiger partial charge in [0.1, 0.15) is 0 Å². The molecule has 2 fully saturated rings. The lowest BCUT2D eigenvalue weighted by Crippen LogP contribution is -2.35. The van der Waals surface area contributed by atoms with Gasteiger partial charge in [-0.15, -0.1) is 12.4 Å². The lowest BCUT2D eigenvalue weighted by Gasteiger charge is -2.29. The average Bonchev–Trinajstić information content (AvgIpc) is 3.05. The van der Waals surface area contributed by atoms with Crippen LogP contribution in [0.4, 0.5) is 8.78 Å². The number of nitrogens with one attached hydrogen (secondary N) is 1. The number of alkyl halides is 2. The lowest BCUT2D eigenvalue weighted by molar-refractivity contribution is 0.151. The monoisotopic (exact) mass is 398 g/mol. The van der Waals surface area contributed by atoms with Gasteiger partial charge in [0.05, 0.1) is 0 Å².